The molecule has 0 fully saturated rings. The van der Waals surface area contributed by atoms with E-state index in [0.717, 1.165) is 53.8 Å². The number of aromatic hydroxyl groups is 1. The fraction of sp³-hybridized carbons (Fsp3) is 0.650. The molecule has 5 heteroatoms. The highest BCUT2D eigenvalue weighted by atomic mass is 16.5. The molecular weight excluding hydrogens is 316 g/mol. The third-order valence-corrected chi connectivity index (χ3v) is 5.32. The number of fused-ring (bicyclic) bond motifs is 1. The topological polar surface area (TPSA) is 61.8 Å². The second-order valence-electron chi connectivity index (χ2n) is 7.63. The molecule has 0 aromatic heterocycles. The van der Waals surface area contributed by atoms with E-state index in [0.29, 0.717) is 18.7 Å². The first-order valence-electron chi connectivity index (χ1n) is 9.11. The van der Waals surface area contributed by atoms with Gasteiger partial charge in [0.2, 0.25) is 0 Å². The van der Waals surface area contributed by atoms with Crippen LogP contribution in [0.3, 0.4) is 0 Å². The van der Waals surface area contributed by atoms with Crippen LogP contribution in [-0.2, 0) is 11.2 Å². The highest BCUT2D eigenvalue weighted by Gasteiger charge is 2.40. The number of carbonyl (C=O) groups is 1. The molecule has 1 amide bonds. The summed E-state index contributed by atoms with van der Waals surface area (Å²) in [6.45, 7) is 9.30. The van der Waals surface area contributed by atoms with Gasteiger partial charge in [-0.05, 0) is 84.3 Å². The average molecular weight is 348 g/mol. The summed E-state index contributed by atoms with van der Waals surface area (Å²) in [5.41, 5.74) is 2.78. The van der Waals surface area contributed by atoms with Crippen LogP contribution in [-0.4, -0.2) is 48.7 Å². The van der Waals surface area contributed by atoms with Crippen molar-refractivity contribution >= 4 is 5.91 Å². The molecule has 0 aliphatic carbocycles. The quantitative estimate of drug-likeness (QED) is 0.776. The van der Waals surface area contributed by atoms with Crippen molar-refractivity contribution in [1.29, 1.82) is 0 Å². The fourth-order valence-corrected chi connectivity index (χ4v) is 3.35. The van der Waals surface area contributed by atoms with Crippen LogP contribution < -0.4 is 10.1 Å². The third-order valence-electron chi connectivity index (χ3n) is 5.32. The summed E-state index contributed by atoms with van der Waals surface area (Å²) in [5, 5.41) is 13.3. The average Bonchev–Trinajstić information content (AvgIpc) is 2.57. The lowest BCUT2D eigenvalue weighted by Crippen LogP contribution is -2.51. The van der Waals surface area contributed by atoms with Gasteiger partial charge in [-0.15, -0.1) is 0 Å². The van der Waals surface area contributed by atoms with Crippen LogP contribution in [0.25, 0.3) is 0 Å². The van der Waals surface area contributed by atoms with E-state index in [2.05, 4.69) is 24.3 Å². The van der Waals surface area contributed by atoms with E-state index >= 15 is 0 Å². The van der Waals surface area contributed by atoms with E-state index in [1.807, 2.05) is 27.7 Å². The van der Waals surface area contributed by atoms with Crippen molar-refractivity contribution in [3.8, 4) is 11.5 Å². The Morgan fingerprint density at radius 2 is 1.88 bits per heavy atom. The standard InChI is InChI=1S/C20H32N2O3/c1-13-14(2)18-16(15(3)17(13)23)9-10-20(4,25-18)19(24)21-11-7-8-12-22(5)6/h23H,7-12H2,1-6H3,(H,21,24). The summed E-state index contributed by atoms with van der Waals surface area (Å²) in [6, 6.07) is 0. The van der Waals surface area contributed by atoms with Crippen molar-refractivity contribution in [2.24, 2.45) is 0 Å². The van der Waals surface area contributed by atoms with Crippen LogP contribution >= 0.6 is 0 Å². The van der Waals surface area contributed by atoms with Crippen LogP contribution in [0.5, 0.6) is 11.5 Å². The Morgan fingerprint density at radius 3 is 2.52 bits per heavy atom. The second-order valence-corrected chi connectivity index (χ2v) is 7.63. The van der Waals surface area contributed by atoms with Gasteiger partial charge in [0.25, 0.3) is 5.91 Å². The third kappa shape index (κ3) is 4.09. The zero-order chi connectivity index (χ0) is 18.8. The van der Waals surface area contributed by atoms with Crippen molar-refractivity contribution in [2.45, 2.75) is 59.0 Å². The van der Waals surface area contributed by atoms with Gasteiger partial charge in [-0.2, -0.15) is 0 Å². The summed E-state index contributed by atoms with van der Waals surface area (Å²) in [6.07, 6.45) is 3.37. The van der Waals surface area contributed by atoms with Crippen molar-refractivity contribution in [2.75, 3.05) is 27.2 Å². The van der Waals surface area contributed by atoms with Gasteiger partial charge in [-0.3, -0.25) is 4.79 Å². The molecule has 1 aliphatic heterocycles. The van der Waals surface area contributed by atoms with Crippen LogP contribution in [0.15, 0.2) is 0 Å². The fourth-order valence-electron chi connectivity index (χ4n) is 3.35. The van der Waals surface area contributed by atoms with Crippen molar-refractivity contribution in [3.63, 3.8) is 0 Å². The van der Waals surface area contributed by atoms with Crippen LogP contribution in [0.1, 0.15) is 48.4 Å². The molecule has 1 heterocycles. The lowest BCUT2D eigenvalue weighted by Gasteiger charge is -2.36. The number of hydrogen-bond donors (Lipinski definition) is 2. The van der Waals surface area contributed by atoms with E-state index < -0.39 is 5.60 Å². The molecule has 0 saturated carbocycles. The van der Waals surface area contributed by atoms with E-state index in [1.165, 1.54) is 0 Å². The minimum Gasteiger partial charge on any atom is -0.507 e. The molecule has 25 heavy (non-hydrogen) atoms. The van der Waals surface area contributed by atoms with Gasteiger partial charge in [0.15, 0.2) is 5.60 Å². The predicted octanol–water partition coefficient (Wildman–Crippen LogP) is 2.86. The van der Waals surface area contributed by atoms with E-state index in [-0.39, 0.29) is 5.91 Å². The molecule has 140 valence electrons. The first-order valence-corrected chi connectivity index (χ1v) is 9.11. The van der Waals surface area contributed by atoms with E-state index in [4.69, 9.17) is 4.74 Å². The summed E-state index contributed by atoms with van der Waals surface area (Å²) < 4.78 is 6.19. The van der Waals surface area contributed by atoms with Crippen LogP contribution in [0, 0.1) is 20.8 Å². The van der Waals surface area contributed by atoms with Crippen LogP contribution in [0.4, 0.5) is 0 Å². The largest absolute Gasteiger partial charge is 0.507 e. The summed E-state index contributed by atoms with van der Waals surface area (Å²) >= 11 is 0. The first kappa shape index (κ1) is 19.6. The van der Waals surface area contributed by atoms with Gasteiger partial charge in [0.1, 0.15) is 11.5 Å². The van der Waals surface area contributed by atoms with Gasteiger partial charge in [-0.1, -0.05) is 0 Å². The van der Waals surface area contributed by atoms with Gasteiger partial charge in [0.05, 0.1) is 0 Å². The van der Waals surface area contributed by atoms with Gasteiger partial charge in [-0.25, -0.2) is 0 Å². The molecule has 1 aromatic carbocycles. The molecule has 0 spiro atoms. The Bertz CT molecular complexity index is 655. The normalized spacial score (nSPS) is 19.5. The van der Waals surface area contributed by atoms with E-state index in [9.17, 15) is 9.90 Å². The number of nitrogens with zero attached hydrogens (tertiary/aromatic N) is 1. The smallest absolute Gasteiger partial charge is 0.263 e. The number of ether oxygens (including phenoxy) is 1. The van der Waals surface area contributed by atoms with Gasteiger partial charge in [0, 0.05) is 18.5 Å². The maximum Gasteiger partial charge on any atom is 0.263 e. The Kier molecular flexibility index (Phi) is 5.99. The highest BCUT2D eigenvalue weighted by Crippen LogP contribution is 2.43. The highest BCUT2D eigenvalue weighted by molar-refractivity contribution is 5.85. The number of carbonyl (C=O) groups excluding carboxylic acids is 1. The number of phenolic OH excluding ortho intramolecular Hbond substituents is 1. The number of phenols is 1. The molecule has 2 N–H and O–H groups in total. The number of hydrogen-bond acceptors (Lipinski definition) is 4. The molecule has 1 aliphatic rings. The molecule has 1 atom stereocenters. The molecule has 2 rings (SSSR count). The van der Waals surface area contributed by atoms with Crippen molar-refractivity contribution < 1.29 is 14.6 Å². The molecule has 1 unspecified atom stereocenters. The summed E-state index contributed by atoms with van der Waals surface area (Å²) in [5.74, 6) is 1.06. The molecular formula is C20H32N2O3. The molecule has 1 aromatic rings. The van der Waals surface area contributed by atoms with E-state index in [1.54, 1.807) is 0 Å². The Hall–Kier alpha value is -1.75. The second kappa shape index (κ2) is 7.65. The lowest BCUT2D eigenvalue weighted by atomic mass is 9.86. The minimum atomic E-state index is -0.852. The number of nitrogens with one attached hydrogen (secondary N) is 1. The first-order chi connectivity index (χ1) is 11.7. The maximum absolute atomic E-state index is 12.7. The Morgan fingerprint density at radius 1 is 1.20 bits per heavy atom. The molecule has 0 saturated heterocycles. The Labute approximate surface area is 151 Å². The van der Waals surface area contributed by atoms with Crippen molar-refractivity contribution in [3.05, 3.63) is 22.3 Å². The zero-order valence-electron chi connectivity index (χ0n) is 16.5. The number of benzene rings is 1. The summed E-state index contributed by atoms with van der Waals surface area (Å²) in [4.78, 5) is 14.8. The van der Waals surface area contributed by atoms with Crippen LogP contribution in [0.2, 0.25) is 0 Å². The van der Waals surface area contributed by atoms with Gasteiger partial charge >= 0.3 is 0 Å². The lowest BCUT2D eigenvalue weighted by molar-refractivity contribution is -0.136. The molecule has 0 bridgehead atoms. The van der Waals surface area contributed by atoms with Gasteiger partial charge < -0.3 is 20.1 Å². The SMILES string of the molecule is Cc1c(C)c2c(c(C)c1O)CCC(C)(C(=O)NCCCCN(C)C)O2. The van der Waals surface area contributed by atoms with Crippen molar-refractivity contribution in [1.82, 2.24) is 10.2 Å². The Balaban J connectivity index is 2.06. The monoisotopic (exact) mass is 348 g/mol. The minimum absolute atomic E-state index is 0.0502. The predicted molar refractivity (Wildman–Crippen MR) is 100 cm³/mol. The number of amides is 1. The number of rotatable bonds is 6. The zero-order valence-corrected chi connectivity index (χ0v) is 16.5. The molecule has 0 radical (unpaired) electrons. The summed E-state index contributed by atoms with van der Waals surface area (Å²) in [7, 11) is 4.11. The maximum atomic E-state index is 12.7. The number of unbranched alkanes of at least 4 members (excludes halogenated alkanes) is 1. The molecule has 5 nitrogen and oxygen atoms in total.